The average Bonchev–Trinajstić information content (AvgIpc) is 3.18. The summed E-state index contributed by atoms with van der Waals surface area (Å²) in [6.07, 6.45) is 4.83. The van der Waals surface area contributed by atoms with E-state index in [1.54, 1.807) is 5.01 Å². The molecule has 0 amide bonds. The van der Waals surface area contributed by atoms with Crippen molar-refractivity contribution in [1.29, 1.82) is 0 Å². The minimum absolute atomic E-state index is 0.575. The van der Waals surface area contributed by atoms with E-state index in [1.165, 1.54) is 25.7 Å². The van der Waals surface area contributed by atoms with Gasteiger partial charge in [-0.1, -0.05) is 0 Å². The molecule has 2 N–H and O–H groups in total. The highest BCUT2D eigenvalue weighted by molar-refractivity contribution is 5.46. The fourth-order valence-corrected chi connectivity index (χ4v) is 2.73. The minimum atomic E-state index is 0.575. The lowest BCUT2D eigenvalue weighted by molar-refractivity contribution is 0.788. The number of rotatable bonds is 4. The summed E-state index contributed by atoms with van der Waals surface area (Å²) in [5, 5.41) is 1.58. The number of hydrogen-bond donors (Lipinski definition) is 1. The molecule has 2 aliphatic rings. The first-order valence-corrected chi connectivity index (χ1v) is 7.56. The molecule has 20 heavy (non-hydrogen) atoms. The molecule has 2 saturated heterocycles. The predicted molar refractivity (Wildman–Crippen MR) is 79.9 cm³/mol. The highest BCUT2D eigenvalue weighted by Gasteiger charge is 2.22. The zero-order valence-electron chi connectivity index (χ0n) is 12.1. The molecule has 7 nitrogen and oxygen atoms in total. The van der Waals surface area contributed by atoms with Gasteiger partial charge in [-0.3, -0.25) is 5.01 Å². The van der Waals surface area contributed by atoms with Gasteiger partial charge in [-0.2, -0.15) is 15.0 Å². The van der Waals surface area contributed by atoms with Crippen molar-refractivity contribution in [2.75, 3.05) is 47.5 Å². The topological polar surface area (TPSA) is 74.4 Å². The van der Waals surface area contributed by atoms with Crippen LogP contribution in [0.5, 0.6) is 0 Å². The summed E-state index contributed by atoms with van der Waals surface area (Å²) in [7, 11) is 0. The van der Waals surface area contributed by atoms with Crippen molar-refractivity contribution in [2.45, 2.75) is 32.6 Å². The minimum Gasteiger partial charge on any atom is -0.341 e. The van der Waals surface area contributed by atoms with Gasteiger partial charge in [-0.05, 0) is 32.6 Å². The third-order valence-electron chi connectivity index (χ3n) is 3.98. The number of nitrogens with two attached hydrogens (primary N) is 1. The van der Waals surface area contributed by atoms with Crippen molar-refractivity contribution < 1.29 is 0 Å². The number of anilines is 3. The third kappa shape index (κ3) is 2.63. The van der Waals surface area contributed by atoms with Crippen LogP contribution in [-0.2, 0) is 0 Å². The van der Waals surface area contributed by atoms with Crippen LogP contribution in [-0.4, -0.2) is 47.7 Å². The van der Waals surface area contributed by atoms with Gasteiger partial charge in [-0.25, -0.2) is 5.84 Å². The Morgan fingerprint density at radius 2 is 1.35 bits per heavy atom. The van der Waals surface area contributed by atoms with Crippen molar-refractivity contribution >= 4 is 17.8 Å². The van der Waals surface area contributed by atoms with E-state index in [0.717, 1.165) is 38.1 Å². The van der Waals surface area contributed by atoms with Crippen LogP contribution in [0.4, 0.5) is 17.8 Å². The second kappa shape index (κ2) is 5.78. The van der Waals surface area contributed by atoms with Crippen molar-refractivity contribution in [2.24, 2.45) is 5.84 Å². The van der Waals surface area contributed by atoms with E-state index in [4.69, 9.17) is 5.84 Å². The summed E-state index contributed by atoms with van der Waals surface area (Å²) in [6.45, 7) is 6.79. The van der Waals surface area contributed by atoms with Crippen LogP contribution >= 0.6 is 0 Å². The second-order valence-corrected chi connectivity index (χ2v) is 5.41. The van der Waals surface area contributed by atoms with Crippen molar-refractivity contribution in [3.63, 3.8) is 0 Å². The maximum absolute atomic E-state index is 5.97. The Morgan fingerprint density at radius 3 is 1.75 bits per heavy atom. The lowest BCUT2D eigenvalue weighted by Gasteiger charge is -2.22. The molecule has 0 unspecified atom stereocenters. The van der Waals surface area contributed by atoms with E-state index >= 15 is 0 Å². The predicted octanol–water partition coefficient (Wildman–Crippen LogP) is 0.772. The van der Waals surface area contributed by atoms with Crippen LogP contribution in [0.1, 0.15) is 32.6 Å². The Bertz CT molecular complexity index is 418. The molecule has 0 saturated carbocycles. The molecule has 0 bridgehead atoms. The van der Waals surface area contributed by atoms with Crippen LogP contribution in [0, 0.1) is 0 Å². The fraction of sp³-hybridized carbons (Fsp3) is 0.769. The SMILES string of the molecule is CCN(N)c1nc(N2CCCC2)nc(N2CCCC2)n1. The zero-order chi connectivity index (χ0) is 13.9. The molecule has 0 radical (unpaired) electrons. The normalized spacial score (nSPS) is 18.9. The van der Waals surface area contributed by atoms with Crippen LogP contribution in [0.3, 0.4) is 0 Å². The van der Waals surface area contributed by atoms with E-state index in [2.05, 4.69) is 24.8 Å². The van der Waals surface area contributed by atoms with Gasteiger partial charge >= 0.3 is 0 Å². The van der Waals surface area contributed by atoms with Crippen LogP contribution in [0.2, 0.25) is 0 Å². The first-order chi connectivity index (χ1) is 9.78. The molecule has 0 aromatic carbocycles. The van der Waals surface area contributed by atoms with E-state index in [-0.39, 0.29) is 0 Å². The molecule has 1 aromatic rings. The van der Waals surface area contributed by atoms with Crippen LogP contribution in [0.15, 0.2) is 0 Å². The fourth-order valence-electron chi connectivity index (χ4n) is 2.73. The van der Waals surface area contributed by atoms with E-state index in [9.17, 15) is 0 Å². The summed E-state index contributed by atoms with van der Waals surface area (Å²) >= 11 is 0. The standard InChI is InChI=1S/C13H23N7/c1-2-20(14)13-16-11(18-7-3-4-8-18)15-12(17-13)19-9-5-6-10-19/h2-10,14H2,1H3. The van der Waals surface area contributed by atoms with Gasteiger partial charge < -0.3 is 9.80 Å². The number of hydrazine groups is 1. The summed E-state index contributed by atoms with van der Waals surface area (Å²) < 4.78 is 0. The van der Waals surface area contributed by atoms with Gasteiger partial charge in [0, 0.05) is 32.7 Å². The lowest BCUT2D eigenvalue weighted by atomic mass is 10.4. The molecule has 0 aliphatic carbocycles. The average molecular weight is 277 g/mol. The van der Waals surface area contributed by atoms with Gasteiger partial charge in [0.25, 0.3) is 0 Å². The van der Waals surface area contributed by atoms with Gasteiger partial charge in [-0.15, -0.1) is 0 Å². The molecular weight excluding hydrogens is 254 g/mol. The molecule has 0 atom stereocenters. The summed E-state index contributed by atoms with van der Waals surface area (Å²) in [6, 6.07) is 0. The maximum atomic E-state index is 5.97. The quantitative estimate of drug-likeness (QED) is 0.643. The van der Waals surface area contributed by atoms with Crippen LogP contribution < -0.4 is 20.7 Å². The Hall–Kier alpha value is -1.63. The summed E-state index contributed by atoms with van der Waals surface area (Å²) in [4.78, 5) is 18.2. The Labute approximate surface area is 119 Å². The van der Waals surface area contributed by atoms with Crippen molar-refractivity contribution in [3.05, 3.63) is 0 Å². The Balaban J connectivity index is 1.93. The highest BCUT2D eigenvalue weighted by Crippen LogP contribution is 2.23. The molecule has 3 rings (SSSR count). The van der Waals surface area contributed by atoms with Gasteiger partial charge in [0.2, 0.25) is 17.8 Å². The number of nitrogens with zero attached hydrogens (tertiary/aromatic N) is 6. The van der Waals surface area contributed by atoms with Gasteiger partial charge in [0.05, 0.1) is 0 Å². The second-order valence-electron chi connectivity index (χ2n) is 5.41. The molecule has 2 fully saturated rings. The molecular formula is C13H23N7. The Kier molecular flexibility index (Phi) is 3.86. The molecule has 1 aromatic heterocycles. The number of aromatic nitrogens is 3. The van der Waals surface area contributed by atoms with E-state index < -0.39 is 0 Å². The number of hydrogen-bond acceptors (Lipinski definition) is 7. The van der Waals surface area contributed by atoms with E-state index in [1.807, 2.05) is 6.92 Å². The summed E-state index contributed by atoms with van der Waals surface area (Å²) in [5.41, 5.74) is 0. The van der Waals surface area contributed by atoms with E-state index in [0.29, 0.717) is 12.5 Å². The van der Waals surface area contributed by atoms with Crippen LogP contribution in [0.25, 0.3) is 0 Å². The maximum Gasteiger partial charge on any atom is 0.246 e. The molecule has 3 heterocycles. The van der Waals surface area contributed by atoms with Crippen molar-refractivity contribution in [1.82, 2.24) is 15.0 Å². The molecule has 7 heteroatoms. The first-order valence-electron chi connectivity index (χ1n) is 7.56. The zero-order valence-corrected chi connectivity index (χ0v) is 12.1. The largest absolute Gasteiger partial charge is 0.341 e. The summed E-state index contributed by atoms with van der Waals surface area (Å²) in [5.74, 6) is 8.10. The Morgan fingerprint density at radius 1 is 0.900 bits per heavy atom. The van der Waals surface area contributed by atoms with Crippen molar-refractivity contribution in [3.8, 4) is 0 Å². The van der Waals surface area contributed by atoms with Gasteiger partial charge in [0.1, 0.15) is 0 Å². The van der Waals surface area contributed by atoms with Gasteiger partial charge in [0.15, 0.2) is 0 Å². The molecule has 0 spiro atoms. The third-order valence-corrected chi connectivity index (χ3v) is 3.98. The first kappa shape index (κ1) is 13.4. The monoisotopic (exact) mass is 277 g/mol. The highest BCUT2D eigenvalue weighted by atomic mass is 15.5. The smallest absolute Gasteiger partial charge is 0.246 e. The molecule has 110 valence electrons. The molecule has 2 aliphatic heterocycles. The lowest BCUT2D eigenvalue weighted by Crippen LogP contribution is -2.34.